The summed E-state index contributed by atoms with van der Waals surface area (Å²) in [6, 6.07) is 11.2. The third-order valence-corrected chi connectivity index (χ3v) is 3.39. The van der Waals surface area contributed by atoms with Crippen molar-refractivity contribution in [2.75, 3.05) is 6.26 Å². The van der Waals surface area contributed by atoms with Gasteiger partial charge in [0.1, 0.15) is 0 Å². The number of hydrogen-bond donors (Lipinski definition) is 0. The summed E-state index contributed by atoms with van der Waals surface area (Å²) in [6.45, 7) is 4.33. The zero-order valence-electron chi connectivity index (χ0n) is 8.79. The number of rotatable bonds is 1. The van der Waals surface area contributed by atoms with E-state index in [4.69, 9.17) is 0 Å². The summed E-state index contributed by atoms with van der Waals surface area (Å²) in [5.74, 6) is 0. The summed E-state index contributed by atoms with van der Waals surface area (Å²) in [5, 5.41) is 2.69. The van der Waals surface area contributed by atoms with E-state index >= 15 is 0 Å². The summed E-state index contributed by atoms with van der Waals surface area (Å²) in [6.07, 6.45) is 2.11. The monoisotopic (exact) mass is 202 g/mol. The van der Waals surface area contributed by atoms with Gasteiger partial charge in [0.05, 0.1) is 0 Å². The molecule has 0 heterocycles. The van der Waals surface area contributed by atoms with Crippen molar-refractivity contribution in [1.82, 2.24) is 0 Å². The fraction of sp³-hybridized carbons (Fsp3) is 0.231. The highest BCUT2D eigenvalue weighted by Gasteiger charge is 1.98. The molecule has 14 heavy (non-hydrogen) atoms. The quantitative estimate of drug-likeness (QED) is 0.625. The molecule has 0 amide bonds. The van der Waals surface area contributed by atoms with Gasteiger partial charge in [-0.25, -0.2) is 0 Å². The van der Waals surface area contributed by atoms with Gasteiger partial charge in [-0.2, -0.15) is 0 Å². The molecule has 0 aromatic heterocycles. The number of fused-ring (bicyclic) bond motifs is 1. The van der Waals surface area contributed by atoms with Crippen LogP contribution in [-0.4, -0.2) is 6.26 Å². The maximum atomic E-state index is 2.27. The minimum Gasteiger partial charge on any atom is -0.130 e. The molecule has 0 atom stereocenters. The maximum absolute atomic E-state index is 2.27. The Kier molecular flexibility index (Phi) is 2.51. The van der Waals surface area contributed by atoms with Crippen molar-refractivity contribution in [2.24, 2.45) is 0 Å². The smallest absolute Gasteiger partial charge is 0.00755 e. The molecule has 0 bridgehead atoms. The minimum atomic E-state index is 1.33. The van der Waals surface area contributed by atoms with Crippen molar-refractivity contribution in [3.8, 4) is 0 Å². The van der Waals surface area contributed by atoms with E-state index in [0.717, 1.165) is 0 Å². The van der Waals surface area contributed by atoms with E-state index in [1.54, 1.807) is 11.8 Å². The highest BCUT2D eigenvalue weighted by molar-refractivity contribution is 7.98. The molecule has 2 aromatic rings. The van der Waals surface area contributed by atoms with Gasteiger partial charge in [0, 0.05) is 4.90 Å². The molecule has 0 saturated carbocycles. The highest BCUT2D eigenvalue weighted by atomic mass is 32.2. The van der Waals surface area contributed by atoms with Crippen LogP contribution < -0.4 is 0 Å². The SMILES string of the molecule is CSc1ccc2cc(C)c(C)cc2c1. The van der Waals surface area contributed by atoms with Crippen molar-refractivity contribution in [2.45, 2.75) is 18.7 Å². The summed E-state index contributed by atoms with van der Waals surface area (Å²) in [7, 11) is 0. The van der Waals surface area contributed by atoms with Crippen LogP contribution in [0.2, 0.25) is 0 Å². The van der Waals surface area contributed by atoms with Gasteiger partial charge in [-0.15, -0.1) is 11.8 Å². The third-order valence-electron chi connectivity index (χ3n) is 2.66. The molecule has 0 aliphatic heterocycles. The highest BCUT2D eigenvalue weighted by Crippen LogP contribution is 2.24. The van der Waals surface area contributed by atoms with E-state index in [9.17, 15) is 0 Å². The molecule has 0 nitrogen and oxygen atoms in total. The average molecular weight is 202 g/mol. The van der Waals surface area contributed by atoms with Crippen LogP contribution in [0.4, 0.5) is 0 Å². The Bertz CT molecular complexity index is 472. The van der Waals surface area contributed by atoms with Gasteiger partial charge in [0.15, 0.2) is 0 Å². The average Bonchev–Trinajstić information content (AvgIpc) is 2.19. The molecule has 0 aliphatic carbocycles. The Morgan fingerprint density at radius 3 is 2.14 bits per heavy atom. The molecular weight excluding hydrogens is 188 g/mol. The summed E-state index contributed by atoms with van der Waals surface area (Å²) in [4.78, 5) is 1.33. The van der Waals surface area contributed by atoms with Crippen LogP contribution in [0.15, 0.2) is 35.2 Å². The first kappa shape index (κ1) is 9.60. The predicted molar refractivity (Wildman–Crippen MR) is 65.2 cm³/mol. The van der Waals surface area contributed by atoms with Crippen molar-refractivity contribution >= 4 is 22.5 Å². The lowest BCUT2D eigenvalue weighted by atomic mass is 10.0. The van der Waals surface area contributed by atoms with Crippen molar-refractivity contribution in [1.29, 1.82) is 0 Å². The number of thioether (sulfide) groups is 1. The van der Waals surface area contributed by atoms with Crippen LogP contribution >= 0.6 is 11.8 Å². The van der Waals surface area contributed by atoms with Crippen LogP contribution in [0.3, 0.4) is 0 Å². The van der Waals surface area contributed by atoms with E-state index in [-0.39, 0.29) is 0 Å². The third kappa shape index (κ3) is 1.64. The first-order valence-electron chi connectivity index (χ1n) is 4.76. The van der Waals surface area contributed by atoms with Crippen LogP contribution in [0.1, 0.15) is 11.1 Å². The van der Waals surface area contributed by atoms with E-state index in [0.29, 0.717) is 0 Å². The Labute approximate surface area is 89.3 Å². The van der Waals surface area contributed by atoms with Gasteiger partial charge in [0.25, 0.3) is 0 Å². The molecule has 2 aromatic carbocycles. The molecule has 0 N–H and O–H groups in total. The largest absolute Gasteiger partial charge is 0.130 e. The van der Waals surface area contributed by atoms with Gasteiger partial charge in [-0.05, 0) is 54.1 Å². The lowest BCUT2D eigenvalue weighted by molar-refractivity contribution is 1.36. The summed E-state index contributed by atoms with van der Waals surface area (Å²) < 4.78 is 0. The zero-order valence-corrected chi connectivity index (χ0v) is 9.61. The predicted octanol–water partition coefficient (Wildman–Crippen LogP) is 4.18. The molecule has 0 saturated heterocycles. The fourth-order valence-electron chi connectivity index (χ4n) is 1.63. The van der Waals surface area contributed by atoms with Crippen molar-refractivity contribution in [3.05, 3.63) is 41.5 Å². The molecule has 2 rings (SSSR count). The van der Waals surface area contributed by atoms with Crippen molar-refractivity contribution < 1.29 is 0 Å². The van der Waals surface area contributed by atoms with Crippen LogP contribution in [-0.2, 0) is 0 Å². The minimum absolute atomic E-state index is 1.33. The lowest BCUT2D eigenvalue weighted by Crippen LogP contribution is -1.82. The normalized spacial score (nSPS) is 10.8. The molecule has 0 fully saturated rings. The van der Waals surface area contributed by atoms with Crippen LogP contribution in [0, 0.1) is 13.8 Å². The van der Waals surface area contributed by atoms with Gasteiger partial charge in [-0.1, -0.05) is 18.2 Å². The van der Waals surface area contributed by atoms with Crippen LogP contribution in [0.25, 0.3) is 10.8 Å². The van der Waals surface area contributed by atoms with Gasteiger partial charge >= 0.3 is 0 Å². The Hall–Kier alpha value is -0.950. The summed E-state index contributed by atoms with van der Waals surface area (Å²) >= 11 is 1.79. The van der Waals surface area contributed by atoms with Crippen molar-refractivity contribution in [3.63, 3.8) is 0 Å². The molecule has 0 spiro atoms. The van der Waals surface area contributed by atoms with E-state index < -0.39 is 0 Å². The second kappa shape index (κ2) is 3.66. The first-order chi connectivity index (χ1) is 6.70. The Balaban J connectivity index is 2.70. The lowest BCUT2D eigenvalue weighted by Gasteiger charge is -2.05. The van der Waals surface area contributed by atoms with Gasteiger partial charge in [-0.3, -0.25) is 0 Å². The van der Waals surface area contributed by atoms with Crippen LogP contribution in [0.5, 0.6) is 0 Å². The van der Waals surface area contributed by atoms with Gasteiger partial charge < -0.3 is 0 Å². The molecule has 0 unspecified atom stereocenters. The molecule has 1 heteroatoms. The fourth-order valence-corrected chi connectivity index (χ4v) is 2.08. The topological polar surface area (TPSA) is 0 Å². The Morgan fingerprint density at radius 1 is 0.857 bits per heavy atom. The summed E-state index contributed by atoms with van der Waals surface area (Å²) in [5.41, 5.74) is 2.74. The number of benzene rings is 2. The van der Waals surface area contributed by atoms with E-state index in [1.165, 1.54) is 26.8 Å². The number of hydrogen-bond acceptors (Lipinski definition) is 1. The van der Waals surface area contributed by atoms with E-state index in [1.807, 2.05) is 0 Å². The van der Waals surface area contributed by atoms with Gasteiger partial charge in [0.2, 0.25) is 0 Å². The first-order valence-corrected chi connectivity index (χ1v) is 5.98. The number of aryl methyl sites for hydroxylation is 2. The zero-order chi connectivity index (χ0) is 10.1. The van der Waals surface area contributed by atoms with E-state index in [2.05, 4.69) is 50.4 Å². The molecule has 0 aliphatic rings. The maximum Gasteiger partial charge on any atom is 0.00755 e. The molecule has 72 valence electrons. The molecular formula is C13H14S. The second-order valence-electron chi connectivity index (χ2n) is 3.65. The molecule has 0 radical (unpaired) electrons. The second-order valence-corrected chi connectivity index (χ2v) is 4.53. The standard InChI is InChI=1S/C13H14S/c1-9-6-11-4-5-13(14-3)8-12(11)7-10(9)2/h4-8H,1-3H3. The Morgan fingerprint density at radius 2 is 1.50 bits per heavy atom.